The van der Waals surface area contributed by atoms with E-state index in [0.29, 0.717) is 12.2 Å². The second-order valence-corrected chi connectivity index (χ2v) is 6.28. The van der Waals surface area contributed by atoms with Gasteiger partial charge in [-0.3, -0.25) is 14.3 Å². The van der Waals surface area contributed by atoms with E-state index in [4.69, 9.17) is 24.2 Å². The molecule has 2 aromatic heterocycles. The molecule has 0 aliphatic carbocycles. The lowest BCUT2D eigenvalue weighted by atomic mass is 10.3. The van der Waals surface area contributed by atoms with Crippen molar-refractivity contribution in [1.82, 2.24) is 14.7 Å². The number of furan rings is 1. The second kappa shape index (κ2) is 10.6. The molecule has 0 saturated heterocycles. The van der Waals surface area contributed by atoms with Gasteiger partial charge in [-0.2, -0.15) is 0 Å². The molecule has 0 spiro atoms. The maximum atomic E-state index is 12.7. The highest BCUT2D eigenvalue weighted by Crippen LogP contribution is 2.13. The fraction of sp³-hybridized carbons (Fsp3) is 0.200. The fourth-order valence-electron chi connectivity index (χ4n) is 2.61. The first-order valence-electron chi connectivity index (χ1n) is 9.05. The maximum Gasteiger partial charge on any atom is 0.414 e. The van der Waals surface area contributed by atoms with Crippen LogP contribution < -0.4 is 16.2 Å². The molecule has 0 atom stereocenters. The summed E-state index contributed by atoms with van der Waals surface area (Å²) < 4.78 is 8.44. The molecule has 0 radical (unpaired) electrons. The molecule has 3 rings (SSSR count). The molecule has 0 unspecified atom stereocenters. The minimum absolute atomic E-state index is 0.0831. The zero-order chi connectivity index (χ0) is 23.0. The van der Waals surface area contributed by atoms with E-state index in [1.54, 1.807) is 31.0 Å². The number of aliphatic carboxylic acids is 2. The van der Waals surface area contributed by atoms with Gasteiger partial charge in [-0.1, -0.05) is 18.2 Å². The number of amides is 1. The van der Waals surface area contributed by atoms with E-state index in [2.05, 4.69) is 10.6 Å². The summed E-state index contributed by atoms with van der Waals surface area (Å²) >= 11 is 0. The number of carboxylic acid groups (broad SMARTS) is 2. The number of rotatable bonds is 6. The Labute approximate surface area is 176 Å². The van der Waals surface area contributed by atoms with Crippen LogP contribution in [0, 0.1) is 6.92 Å². The monoisotopic (exact) mass is 430 g/mol. The van der Waals surface area contributed by atoms with Crippen molar-refractivity contribution in [2.24, 2.45) is 7.05 Å². The summed E-state index contributed by atoms with van der Waals surface area (Å²) in [5.74, 6) is -3.18. The standard InChI is InChI=1S/C18H20N4O3.C2H2O4/c1-13-17(20-16(23)12-19-11-15-9-6-10-25-15)18(24)22(21(13)2)14-7-4-3-5-8-14;3-1(4)2(5)6/h3-10,19H,11-12H2,1-2H3,(H,20,23);(H,3,4)(H,5,6). The Morgan fingerprint density at radius 1 is 1.03 bits per heavy atom. The largest absolute Gasteiger partial charge is 0.473 e. The highest BCUT2D eigenvalue weighted by molar-refractivity contribution is 6.27. The van der Waals surface area contributed by atoms with Crippen molar-refractivity contribution in [3.8, 4) is 5.69 Å². The summed E-state index contributed by atoms with van der Waals surface area (Å²) in [5, 5.41) is 20.5. The average Bonchev–Trinajstić information content (AvgIpc) is 3.32. The summed E-state index contributed by atoms with van der Waals surface area (Å²) in [6.07, 6.45) is 1.58. The molecule has 31 heavy (non-hydrogen) atoms. The Bertz CT molecular complexity index is 1090. The highest BCUT2D eigenvalue weighted by Gasteiger charge is 2.17. The van der Waals surface area contributed by atoms with E-state index in [-0.39, 0.29) is 23.7 Å². The van der Waals surface area contributed by atoms with Crippen molar-refractivity contribution in [3.05, 3.63) is 70.5 Å². The van der Waals surface area contributed by atoms with Crippen molar-refractivity contribution in [2.75, 3.05) is 11.9 Å². The number of hydrogen-bond donors (Lipinski definition) is 4. The second-order valence-electron chi connectivity index (χ2n) is 6.28. The third-order valence-electron chi connectivity index (χ3n) is 4.17. The van der Waals surface area contributed by atoms with Gasteiger partial charge in [-0.05, 0) is 31.2 Å². The molecule has 4 N–H and O–H groups in total. The lowest BCUT2D eigenvalue weighted by Gasteiger charge is -2.07. The molecule has 164 valence electrons. The Morgan fingerprint density at radius 2 is 1.68 bits per heavy atom. The Balaban J connectivity index is 0.000000501. The molecule has 0 saturated carbocycles. The van der Waals surface area contributed by atoms with Gasteiger partial charge < -0.3 is 25.3 Å². The van der Waals surface area contributed by atoms with Crippen molar-refractivity contribution < 1.29 is 29.0 Å². The molecule has 1 amide bonds. The number of benzene rings is 1. The Kier molecular flexibility index (Phi) is 7.92. The van der Waals surface area contributed by atoms with Crippen LogP contribution in [-0.2, 0) is 28.0 Å². The average molecular weight is 430 g/mol. The van der Waals surface area contributed by atoms with Crippen molar-refractivity contribution >= 4 is 23.5 Å². The summed E-state index contributed by atoms with van der Waals surface area (Å²) in [6, 6.07) is 12.9. The van der Waals surface area contributed by atoms with E-state index in [9.17, 15) is 9.59 Å². The van der Waals surface area contributed by atoms with Gasteiger partial charge in [0.05, 0.1) is 30.7 Å². The van der Waals surface area contributed by atoms with Gasteiger partial charge in [-0.15, -0.1) is 0 Å². The number of para-hydroxylation sites is 1. The van der Waals surface area contributed by atoms with Gasteiger partial charge in [0.1, 0.15) is 11.4 Å². The van der Waals surface area contributed by atoms with E-state index in [1.165, 1.54) is 4.68 Å². The van der Waals surface area contributed by atoms with Crippen LogP contribution in [0.5, 0.6) is 0 Å². The molecule has 3 aromatic rings. The summed E-state index contributed by atoms with van der Waals surface area (Å²) in [6.45, 7) is 2.33. The minimum Gasteiger partial charge on any atom is -0.473 e. The first-order chi connectivity index (χ1) is 14.7. The van der Waals surface area contributed by atoms with Gasteiger partial charge in [-0.25, -0.2) is 14.3 Å². The van der Waals surface area contributed by atoms with Crippen LogP contribution in [0.2, 0.25) is 0 Å². The number of nitrogens with one attached hydrogen (secondary N) is 2. The summed E-state index contributed by atoms with van der Waals surface area (Å²) in [4.78, 5) is 43.0. The first kappa shape index (κ1) is 23.2. The molecular formula is C20H22N4O7. The van der Waals surface area contributed by atoms with Crippen LogP contribution in [0.25, 0.3) is 5.69 Å². The molecule has 1 aromatic carbocycles. The Morgan fingerprint density at radius 3 is 2.23 bits per heavy atom. The molecule has 0 fully saturated rings. The maximum absolute atomic E-state index is 12.7. The topological polar surface area (TPSA) is 156 Å². The van der Waals surface area contributed by atoms with E-state index < -0.39 is 11.9 Å². The quantitative estimate of drug-likeness (QED) is 0.421. The number of carboxylic acids is 2. The number of anilines is 1. The van der Waals surface area contributed by atoms with Crippen LogP contribution >= 0.6 is 0 Å². The number of hydrogen-bond acceptors (Lipinski definition) is 6. The zero-order valence-electron chi connectivity index (χ0n) is 16.9. The first-order valence-corrected chi connectivity index (χ1v) is 9.05. The molecule has 0 bridgehead atoms. The molecule has 11 heteroatoms. The van der Waals surface area contributed by atoms with Crippen molar-refractivity contribution in [3.63, 3.8) is 0 Å². The number of aromatic nitrogens is 2. The highest BCUT2D eigenvalue weighted by atomic mass is 16.4. The molecule has 0 aliphatic heterocycles. The lowest BCUT2D eigenvalue weighted by molar-refractivity contribution is -0.159. The Hall–Kier alpha value is -4.12. The fourth-order valence-corrected chi connectivity index (χ4v) is 2.61. The number of carbonyl (C=O) groups excluding carboxylic acids is 1. The normalized spacial score (nSPS) is 10.1. The van der Waals surface area contributed by atoms with E-state index in [1.807, 2.05) is 36.4 Å². The predicted octanol–water partition coefficient (Wildman–Crippen LogP) is 0.961. The smallest absolute Gasteiger partial charge is 0.414 e. The number of nitrogens with zero attached hydrogens (tertiary/aromatic N) is 2. The lowest BCUT2D eigenvalue weighted by Crippen LogP contribution is -2.30. The molecule has 0 aliphatic rings. The molecule has 11 nitrogen and oxygen atoms in total. The van der Waals surface area contributed by atoms with Gasteiger partial charge in [0, 0.05) is 7.05 Å². The van der Waals surface area contributed by atoms with Crippen LogP contribution in [0.1, 0.15) is 11.5 Å². The van der Waals surface area contributed by atoms with Gasteiger partial charge in [0.15, 0.2) is 0 Å². The third kappa shape index (κ3) is 6.18. The molecule has 2 heterocycles. The van der Waals surface area contributed by atoms with Gasteiger partial charge in [0.2, 0.25) is 5.91 Å². The summed E-state index contributed by atoms with van der Waals surface area (Å²) in [5.41, 5.74) is 1.46. The van der Waals surface area contributed by atoms with E-state index >= 15 is 0 Å². The van der Waals surface area contributed by atoms with E-state index in [0.717, 1.165) is 11.4 Å². The van der Waals surface area contributed by atoms with Crippen LogP contribution in [0.15, 0.2) is 57.9 Å². The van der Waals surface area contributed by atoms with Crippen molar-refractivity contribution in [1.29, 1.82) is 0 Å². The van der Waals surface area contributed by atoms with Gasteiger partial charge in [0.25, 0.3) is 5.56 Å². The van der Waals surface area contributed by atoms with Crippen LogP contribution in [0.3, 0.4) is 0 Å². The number of carbonyl (C=O) groups is 3. The summed E-state index contributed by atoms with van der Waals surface area (Å²) in [7, 11) is 1.79. The zero-order valence-corrected chi connectivity index (χ0v) is 16.9. The molecular weight excluding hydrogens is 408 g/mol. The minimum atomic E-state index is -1.82. The SMILES string of the molecule is Cc1c(NC(=O)CNCc2ccco2)c(=O)n(-c2ccccc2)n1C.O=C(O)C(=O)O. The predicted molar refractivity (Wildman–Crippen MR) is 110 cm³/mol. The van der Waals surface area contributed by atoms with Crippen molar-refractivity contribution in [2.45, 2.75) is 13.5 Å². The van der Waals surface area contributed by atoms with Gasteiger partial charge >= 0.3 is 11.9 Å². The third-order valence-corrected chi connectivity index (χ3v) is 4.17. The van der Waals surface area contributed by atoms with Crippen LogP contribution in [0.4, 0.5) is 5.69 Å². The van der Waals surface area contributed by atoms with Crippen LogP contribution in [-0.4, -0.2) is 44.0 Å².